The van der Waals surface area contributed by atoms with Crippen molar-refractivity contribution in [2.75, 3.05) is 5.32 Å². The summed E-state index contributed by atoms with van der Waals surface area (Å²) in [6.45, 7) is 0. The van der Waals surface area contributed by atoms with E-state index in [2.05, 4.69) is 5.32 Å². The Labute approximate surface area is 123 Å². The van der Waals surface area contributed by atoms with E-state index in [4.69, 9.17) is 11.6 Å². The van der Waals surface area contributed by atoms with E-state index in [0.29, 0.717) is 11.3 Å². The summed E-state index contributed by atoms with van der Waals surface area (Å²) in [4.78, 5) is 12.2. The minimum atomic E-state index is -0.556. The number of halogens is 2. The van der Waals surface area contributed by atoms with Crippen molar-refractivity contribution >= 4 is 44.6 Å². The third kappa shape index (κ3) is 2.40. The number of hydrogen-bond donors (Lipinski definition) is 1. The van der Waals surface area contributed by atoms with Crippen LogP contribution in [0.15, 0.2) is 47.8 Å². The zero-order chi connectivity index (χ0) is 14.1. The van der Waals surface area contributed by atoms with Crippen LogP contribution in [0.3, 0.4) is 0 Å². The molecule has 1 N–H and O–H groups in total. The maximum Gasteiger partial charge on any atom is 0.257 e. The van der Waals surface area contributed by atoms with Crippen LogP contribution in [0.4, 0.5) is 10.1 Å². The van der Waals surface area contributed by atoms with Crippen molar-refractivity contribution in [2.24, 2.45) is 0 Å². The first kappa shape index (κ1) is 13.1. The van der Waals surface area contributed by atoms with Crippen LogP contribution in [0.25, 0.3) is 10.1 Å². The lowest BCUT2D eigenvalue weighted by Gasteiger charge is -2.05. The molecule has 0 bridgehead atoms. The molecule has 20 heavy (non-hydrogen) atoms. The van der Waals surface area contributed by atoms with Gasteiger partial charge in [0, 0.05) is 21.2 Å². The van der Waals surface area contributed by atoms with Gasteiger partial charge in [-0.15, -0.1) is 11.3 Å². The van der Waals surface area contributed by atoms with Crippen molar-refractivity contribution in [1.82, 2.24) is 0 Å². The van der Waals surface area contributed by atoms with Crippen LogP contribution in [0, 0.1) is 5.82 Å². The van der Waals surface area contributed by atoms with Gasteiger partial charge in [0.2, 0.25) is 0 Å². The second-order valence-corrected chi connectivity index (χ2v) is 5.55. The number of anilines is 1. The summed E-state index contributed by atoms with van der Waals surface area (Å²) in [7, 11) is 0. The van der Waals surface area contributed by atoms with Gasteiger partial charge in [-0.2, -0.15) is 0 Å². The fourth-order valence-corrected chi connectivity index (χ4v) is 2.98. The molecular weight excluding hydrogens is 297 g/mol. The zero-order valence-corrected chi connectivity index (χ0v) is 11.8. The lowest BCUT2D eigenvalue weighted by Crippen LogP contribution is -2.11. The van der Waals surface area contributed by atoms with E-state index in [9.17, 15) is 9.18 Å². The molecule has 1 amide bonds. The van der Waals surface area contributed by atoms with E-state index < -0.39 is 5.82 Å². The van der Waals surface area contributed by atoms with Crippen LogP contribution in [0.2, 0.25) is 5.02 Å². The molecule has 3 rings (SSSR count). The van der Waals surface area contributed by atoms with E-state index in [-0.39, 0.29) is 10.9 Å². The standard InChI is InChI=1S/C15H9ClFNOS/c16-12-6-5-9(7-13(12)17)18-15(19)11-8-20-14-4-2-1-3-10(11)14/h1-8H,(H,18,19). The molecule has 0 saturated carbocycles. The number of thiophene rings is 1. The summed E-state index contributed by atoms with van der Waals surface area (Å²) in [6, 6.07) is 11.8. The van der Waals surface area contributed by atoms with Crippen molar-refractivity contribution in [3.05, 3.63) is 64.2 Å². The predicted octanol–water partition coefficient (Wildman–Crippen LogP) is 4.95. The zero-order valence-electron chi connectivity index (χ0n) is 10.2. The summed E-state index contributed by atoms with van der Waals surface area (Å²) < 4.78 is 14.4. The molecule has 3 aromatic rings. The number of carbonyl (C=O) groups excluding carboxylic acids is 1. The van der Waals surface area contributed by atoms with Gasteiger partial charge in [-0.05, 0) is 24.3 Å². The Morgan fingerprint density at radius 1 is 1.20 bits per heavy atom. The van der Waals surface area contributed by atoms with Gasteiger partial charge in [0.15, 0.2) is 0 Å². The number of rotatable bonds is 2. The molecule has 0 aliphatic heterocycles. The molecule has 100 valence electrons. The number of carbonyl (C=O) groups is 1. The van der Waals surface area contributed by atoms with E-state index >= 15 is 0 Å². The molecule has 0 atom stereocenters. The minimum Gasteiger partial charge on any atom is -0.322 e. The van der Waals surface area contributed by atoms with Gasteiger partial charge in [0.05, 0.1) is 10.6 Å². The molecule has 5 heteroatoms. The highest BCUT2D eigenvalue weighted by atomic mass is 35.5. The third-order valence-electron chi connectivity index (χ3n) is 2.90. The maximum atomic E-state index is 13.3. The van der Waals surface area contributed by atoms with E-state index in [1.165, 1.54) is 23.5 Å². The Kier molecular flexibility index (Phi) is 3.42. The lowest BCUT2D eigenvalue weighted by molar-refractivity contribution is 0.102. The van der Waals surface area contributed by atoms with E-state index in [0.717, 1.165) is 10.1 Å². The molecule has 1 heterocycles. The molecule has 0 aliphatic carbocycles. The summed E-state index contributed by atoms with van der Waals surface area (Å²) >= 11 is 7.11. The predicted molar refractivity (Wildman–Crippen MR) is 81.2 cm³/mol. The largest absolute Gasteiger partial charge is 0.322 e. The quantitative estimate of drug-likeness (QED) is 0.713. The highest BCUT2D eigenvalue weighted by Gasteiger charge is 2.12. The SMILES string of the molecule is O=C(Nc1ccc(Cl)c(F)c1)c1csc2ccccc12. The molecular formula is C15H9ClFNOS. The van der Waals surface area contributed by atoms with Gasteiger partial charge >= 0.3 is 0 Å². The molecule has 2 aromatic carbocycles. The summed E-state index contributed by atoms with van der Waals surface area (Å²) in [5, 5.41) is 5.40. The Hall–Kier alpha value is -1.91. The van der Waals surface area contributed by atoms with Gasteiger partial charge in [0.25, 0.3) is 5.91 Å². The summed E-state index contributed by atoms with van der Waals surface area (Å²) in [5.41, 5.74) is 0.966. The fraction of sp³-hybridized carbons (Fsp3) is 0. The number of amides is 1. The van der Waals surface area contributed by atoms with Crippen LogP contribution < -0.4 is 5.32 Å². The van der Waals surface area contributed by atoms with Crippen LogP contribution in [0.5, 0.6) is 0 Å². The topological polar surface area (TPSA) is 29.1 Å². The summed E-state index contributed by atoms with van der Waals surface area (Å²) in [5.74, 6) is -0.816. The van der Waals surface area contributed by atoms with Gasteiger partial charge in [0.1, 0.15) is 5.82 Å². The molecule has 0 fully saturated rings. The number of fused-ring (bicyclic) bond motifs is 1. The fourth-order valence-electron chi connectivity index (χ4n) is 1.93. The lowest BCUT2D eigenvalue weighted by atomic mass is 10.1. The normalized spacial score (nSPS) is 10.7. The van der Waals surface area contributed by atoms with Crippen molar-refractivity contribution in [3.63, 3.8) is 0 Å². The van der Waals surface area contributed by atoms with Crippen molar-refractivity contribution in [1.29, 1.82) is 0 Å². The Bertz CT molecular complexity index is 799. The van der Waals surface area contributed by atoms with Crippen LogP contribution in [0.1, 0.15) is 10.4 Å². The number of hydrogen-bond acceptors (Lipinski definition) is 2. The van der Waals surface area contributed by atoms with Crippen molar-refractivity contribution in [3.8, 4) is 0 Å². The second-order valence-electron chi connectivity index (χ2n) is 4.23. The number of nitrogens with one attached hydrogen (secondary N) is 1. The van der Waals surface area contributed by atoms with E-state index in [1.807, 2.05) is 24.3 Å². The molecule has 0 radical (unpaired) electrons. The van der Waals surface area contributed by atoms with Gasteiger partial charge < -0.3 is 5.32 Å². The monoisotopic (exact) mass is 305 g/mol. The first-order chi connectivity index (χ1) is 9.65. The molecule has 0 aliphatic rings. The minimum absolute atomic E-state index is 0.0315. The first-order valence-electron chi connectivity index (χ1n) is 5.88. The Morgan fingerprint density at radius 2 is 2.00 bits per heavy atom. The average molecular weight is 306 g/mol. The molecule has 0 saturated heterocycles. The second kappa shape index (κ2) is 5.23. The van der Waals surface area contributed by atoms with Crippen molar-refractivity contribution < 1.29 is 9.18 Å². The summed E-state index contributed by atoms with van der Waals surface area (Å²) in [6.07, 6.45) is 0. The van der Waals surface area contributed by atoms with Crippen LogP contribution >= 0.6 is 22.9 Å². The van der Waals surface area contributed by atoms with Crippen LogP contribution in [-0.2, 0) is 0 Å². The molecule has 1 aromatic heterocycles. The van der Waals surface area contributed by atoms with Gasteiger partial charge in [-0.3, -0.25) is 4.79 Å². The maximum absolute atomic E-state index is 13.3. The first-order valence-corrected chi connectivity index (χ1v) is 7.13. The molecule has 0 unspecified atom stereocenters. The van der Waals surface area contributed by atoms with Gasteiger partial charge in [-0.1, -0.05) is 29.8 Å². The molecule has 2 nitrogen and oxygen atoms in total. The average Bonchev–Trinajstić information content (AvgIpc) is 2.87. The van der Waals surface area contributed by atoms with Gasteiger partial charge in [-0.25, -0.2) is 4.39 Å². The third-order valence-corrected chi connectivity index (χ3v) is 4.17. The van der Waals surface area contributed by atoms with Crippen LogP contribution in [-0.4, -0.2) is 5.91 Å². The Balaban J connectivity index is 1.91. The van der Waals surface area contributed by atoms with E-state index in [1.54, 1.807) is 11.4 Å². The highest BCUT2D eigenvalue weighted by molar-refractivity contribution is 7.17. The van der Waals surface area contributed by atoms with Crippen molar-refractivity contribution in [2.45, 2.75) is 0 Å². The Morgan fingerprint density at radius 3 is 2.80 bits per heavy atom. The smallest absolute Gasteiger partial charge is 0.257 e. The highest BCUT2D eigenvalue weighted by Crippen LogP contribution is 2.26. The number of benzene rings is 2. The molecule has 0 spiro atoms.